The van der Waals surface area contributed by atoms with Gasteiger partial charge in [-0.15, -0.1) is 0 Å². The van der Waals surface area contributed by atoms with Crippen LogP contribution in [-0.2, 0) is 7.59 Å². The lowest BCUT2D eigenvalue weighted by Crippen LogP contribution is -2.16. The van der Waals surface area contributed by atoms with Crippen LogP contribution in [0.4, 0.5) is 0 Å². The largest absolute Gasteiger partial charge is 0.467 e. The molecule has 0 amide bonds. The summed E-state index contributed by atoms with van der Waals surface area (Å²) < 4.78 is 1.05. The van der Waals surface area contributed by atoms with Gasteiger partial charge in [0.25, 0.3) is 0 Å². The van der Waals surface area contributed by atoms with Gasteiger partial charge in [-0.2, -0.15) is 9.97 Å². The quantitative estimate of drug-likeness (QED) is 0.730. The van der Waals surface area contributed by atoms with Crippen LogP contribution in [-0.4, -0.2) is 22.1 Å². The van der Waals surface area contributed by atoms with Gasteiger partial charge < -0.3 is 4.74 Å². The van der Waals surface area contributed by atoms with Crippen LogP contribution in [0.2, 0.25) is 0 Å². The molecule has 0 N–H and O–H groups in total. The summed E-state index contributed by atoms with van der Waals surface area (Å²) in [5.74, 6) is -0.378. The van der Waals surface area contributed by atoms with Gasteiger partial charge in [-0.3, -0.25) is 0 Å². The van der Waals surface area contributed by atoms with E-state index in [2.05, 4.69) is 15.0 Å². The van der Waals surface area contributed by atoms with E-state index in [0.717, 1.165) is 0 Å². The fourth-order valence-electron chi connectivity index (χ4n) is 0.701. The number of nitrogens with zero attached hydrogens (tertiary/aromatic N) is 3. The minimum absolute atomic E-state index is 0.113. The number of alkyl halides is 6. The molecule has 0 aliphatic carbocycles. The van der Waals surface area contributed by atoms with E-state index < -0.39 is 7.59 Å². The molecule has 0 aliphatic rings. The molecule has 0 unspecified atom stereocenters. The first-order valence-corrected chi connectivity index (χ1v) is 5.86. The number of ether oxygens (including phenoxy) is 1. The fourth-order valence-corrected chi connectivity index (χ4v) is 1.21. The van der Waals surface area contributed by atoms with Crippen LogP contribution in [0.15, 0.2) is 0 Å². The molecule has 0 bridgehead atoms. The van der Waals surface area contributed by atoms with Gasteiger partial charge in [0.2, 0.25) is 7.59 Å². The van der Waals surface area contributed by atoms with Gasteiger partial charge in [-0.05, 0) is 0 Å². The summed E-state index contributed by atoms with van der Waals surface area (Å²) in [6, 6.07) is -0.113. The third-order valence-electron chi connectivity index (χ3n) is 1.30. The van der Waals surface area contributed by atoms with Crippen molar-refractivity contribution in [3.05, 3.63) is 11.6 Å². The van der Waals surface area contributed by atoms with Gasteiger partial charge in [0.15, 0.2) is 11.6 Å². The normalized spacial score (nSPS) is 12.7. The predicted molar refractivity (Wildman–Crippen MR) is 64.9 cm³/mol. The highest BCUT2D eigenvalue weighted by molar-refractivity contribution is 6.67. The van der Waals surface area contributed by atoms with Crippen molar-refractivity contribution in [1.82, 2.24) is 15.0 Å². The number of hydrogen-bond donors (Lipinski definition) is 0. The molecule has 10 heteroatoms. The maximum Gasteiger partial charge on any atom is 0.319 e. The third kappa shape index (κ3) is 3.79. The molecule has 0 radical (unpaired) electrons. The van der Waals surface area contributed by atoms with E-state index in [1.54, 1.807) is 0 Å². The average Bonchev–Trinajstić information content (AvgIpc) is 2.14. The van der Waals surface area contributed by atoms with E-state index in [4.69, 9.17) is 74.3 Å². The molecule has 90 valence electrons. The molecule has 0 atom stereocenters. The van der Waals surface area contributed by atoms with Crippen LogP contribution < -0.4 is 4.74 Å². The predicted octanol–water partition coefficient (Wildman–Crippen LogP) is 3.53. The van der Waals surface area contributed by atoms with Crippen LogP contribution in [0.3, 0.4) is 0 Å². The van der Waals surface area contributed by atoms with Gasteiger partial charge in [0.1, 0.15) is 0 Å². The summed E-state index contributed by atoms with van der Waals surface area (Å²) in [5.41, 5.74) is 0. The molecule has 4 nitrogen and oxygen atoms in total. The maximum atomic E-state index is 5.60. The van der Waals surface area contributed by atoms with Crippen LogP contribution in [0.5, 0.6) is 6.01 Å². The Bertz CT molecular complexity index is 355. The second-order valence-electron chi connectivity index (χ2n) is 2.46. The first-order valence-electron chi connectivity index (χ1n) is 3.59. The minimum Gasteiger partial charge on any atom is -0.467 e. The van der Waals surface area contributed by atoms with Crippen molar-refractivity contribution in [1.29, 1.82) is 0 Å². The highest BCUT2D eigenvalue weighted by Gasteiger charge is 2.34. The number of rotatable bonds is 1. The highest BCUT2D eigenvalue weighted by Crippen LogP contribution is 2.40. The van der Waals surface area contributed by atoms with Gasteiger partial charge >= 0.3 is 6.01 Å². The lowest BCUT2D eigenvalue weighted by atomic mass is 10.6. The van der Waals surface area contributed by atoms with E-state index in [1.165, 1.54) is 7.11 Å². The monoisotopic (exact) mass is 343 g/mol. The standard InChI is InChI=1S/C6H3Cl6N3O/c1-16-4-14-2(5(7,8)9)13-3(15-4)6(10,11)12/h1H3. The Balaban J connectivity index is 3.33. The van der Waals surface area contributed by atoms with Crippen molar-refractivity contribution in [3.8, 4) is 6.01 Å². The first kappa shape index (κ1) is 14.6. The van der Waals surface area contributed by atoms with Crippen molar-refractivity contribution in [2.45, 2.75) is 7.59 Å². The summed E-state index contributed by atoms with van der Waals surface area (Å²) in [6.07, 6.45) is 0. The van der Waals surface area contributed by atoms with E-state index in [1.807, 2.05) is 0 Å². The molecule has 0 aromatic carbocycles. The highest BCUT2D eigenvalue weighted by atomic mass is 35.6. The zero-order valence-corrected chi connectivity index (χ0v) is 12.1. The number of hydrogen-bond acceptors (Lipinski definition) is 4. The lowest BCUT2D eigenvalue weighted by Gasteiger charge is -2.14. The second-order valence-corrected chi connectivity index (χ2v) is 7.03. The molecule has 1 aromatic heterocycles. The molecule has 1 rings (SSSR count). The molecule has 16 heavy (non-hydrogen) atoms. The van der Waals surface area contributed by atoms with Crippen LogP contribution in [0, 0.1) is 0 Å². The molecular weight excluding hydrogens is 343 g/mol. The average molecular weight is 346 g/mol. The number of aromatic nitrogens is 3. The lowest BCUT2D eigenvalue weighted by molar-refractivity contribution is 0.373. The fraction of sp³-hybridized carbons (Fsp3) is 0.500. The molecule has 1 aromatic rings. The third-order valence-corrected chi connectivity index (χ3v) is 2.32. The van der Waals surface area contributed by atoms with E-state index in [-0.39, 0.29) is 17.7 Å². The minimum atomic E-state index is -1.86. The first-order chi connectivity index (χ1) is 7.14. The summed E-state index contributed by atoms with van der Waals surface area (Å²) in [7, 11) is 1.32. The molecule has 1 heterocycles. The van der Waals surface area contributed by atoms with Gasteiger partial charge in [0.05, 0.1) is 7.11 Å². The molecular formula is C6H3Cl6N3O. The second kappa shape index (κ2) is 5.04. The molecule has 0 aliphatic heterocycles. The van der Waals surface area contributed by atoms with Crippen molar-refractivity contribution in [3.63, 3.8) is 0 Å². The van der Waals surface area contributed by atoms with Crippen LogP contribution in [0.1, 0.15) is 11.6 Å². The zero-order chi connectivity index (χ0) is 12.6. The maximum absolute atomic E-state index is 5.60. The Morgan fingerprint density at radius 2 is 1.19 bits per heavy atom. The molecule has 0 spiro atoms. The SMILES string of the molecule is COc1nc(C(Cl)(Cl)Cl)nc(C(Cl)(Cl)Cl)n1. The van der Waals surface area contributed by atoms with E-state index in [0.29, 0.717) is 0 Å². The summed E-state index contributed by atoms with van der Waals surface area (Å²) in [5, 5.41) is 0. The van der Waals surface area contributed by atoms with E-state index in [9.17, 15) is 0 Å². The molecule has 0 saturated heterocycles. The molecule has 0 fully saturated rings. The smallest absolute Gasteiger partial charge is 0.319 e. The zero-order valence-electron chi connectivity index (χ0n) is 7.52. The number of methoxy groups -OCH3 is 1. The summed E-state index contributed by atoms with van der Waals surface area (Å²) >= 11 is 33.6. The van der Waals surface area contributed by atoms with Crippen molar-refractivity contribution < 1.29 is 4.74 Å². The topological polar surface area (TPSA) is 47.9 Å². The summed E-state index contributed by atoms with van der Waals surface area (Å²) in [4.78, 5) is 11.2. The van der Waals surface area contributed by atoms with Gasteiger partial charge in [0, 0.05) is 0 Å². The Morgan fingerprint density at radius 1 is 0.812 bits per heavy atom. The molecule has 0 saturated carbocycles. The van der Waals surface area contributed by atoms with Gasteiger partial charge in [-0.1, -0.05) is 69.6 Å². The van der Waals surface area contributed by atoms with Crippen LogP contribution in [0.25, 0.3) is 0 Å². The Hall–Kier alpha value is 0.550. The van der Waals surface area contributed by atoms with Gasteiger partial charge in [-0.25, -0.2) is 4.98 Å². The Labute approximate surface area is 121 Å². The number of halogens is 6. The van der Waals surface area contributed by atoms with Crippen LogP contribution >= 0.6 is 69.6 Å². The Kier molecular flexibility index (Phi) is 4.60. The summed E-state index contributed by atoms with van der Waals surface area (Å²) in [6.45, 7) is 0. The Morgan fingerprint density at radius 3 is 1.44 bits per heavy atom. The van der Waals surface area contributed by atoms with E-state index >= 15 is 0 Å². The van der Waals surface area contributed by atoms with Crippen molar-refractivity contribution in [2.75, 3.05) is 7.11 Å². The van der Waals surface area contributed by atoms with Crippen molar-refractivity contribution >= 4 is 69.6 Å². The van der Waals surface area contributed by atoms with Crippen molar-refractivity contribution in [2.24, 2.45) is 0 Å².